The predicted octanol–water partition coefficient (Wildman–Crippen LogP) is 7.13. The maximum absolute atomic E-state index is 2.59. The zero-order valence-corrected chi connectivity index (χ0v) is 23.4. The summed E-state index contributed by atoms with van der Waals surface area (Å²) in [4.78, 5) is 0. The number of rotatable bonds is 11. The molecule has 0 unspecified atom stereocenters. The molecule has 8 fully saturated rings. The summed E-state index contributed by atoms with van der Waals surface area (Å²) < 4.78 is 2.68. The maximum Gasteiger partial charge on any atom is 0.0943 e. The van der Waals surface area contributed by atoms with Crippen LogP contribution in [-0.2, 0) is 0 Å². The van der Waals surface area contributed by atoms with Crippen LogP contribution in [0.25, 0.3) is 0 Å². The van der Waals surface area contributed by atoms with Gasteiger partial charge in [0.1, 0.15) is 0 Å². The molecule has 0 amide bonds. The van der Waals surface area contributed by atoms with Gasteiger partial charge in [0.15, 0.2) is 0 Å². The van der Waals surface area contributed by atoms with Crippen LogP contribution in [0.15, 0.2) is 0 Å². The van der Waals surface area contributed by atoms with Crippen molar-refractivity contribution in [2.45, 2.75) is 115 Å². The van der Waals surface area contributed by atoms with E-state index in [9.17, 15) is 0 Å². The molecule has 2 nitrogen and oxygen atoms in total. The van der Waals surface area contributed by atoms with E-state index in [-0.39, 0.29) is 0 Å². The van der Waals surface area contributed by atoms with Crippen molar-refractivity contribution in [2.75, 3.05) is 41.3 Å². The van der Waals surface area contributed by atoms with Crippen LogP contribution in [0, 0.1) is 47.3 Å². The van der Waals surface area contributed by atoms with E-state index >= 15 is 0 Å². The summed E-state index contributed by atoms with van der Waals surface area (Å²) in [6, 6.07) is 2.00. The van der Waals surface area contributed by atoms with Gasteiger partial charge in [-0.25, -0.2) is 0 Å². The average Bonchev–Trinajstić information content (AvgIpc) is 2.73. The number of unbranched alkanes of at least 4 members (excludes halogenated alkanes) is 5. The Labute approximate surface area is 212 Å². The molecule has 0 aliphatic heterocycles. The molecule has 194 valence electrons. The highest BCUT2D eigenvalue weighted by Crippen LogP contribution is 2.57. The SMILES string of the molecule is C[N+](C)(CCCCCCCC[N+](C)(C)C1C2CC3CC(C2)CC1C3)C1C2CC3CC(C2)CC1C3. The van der Waals surface area contributed by atoms with Crippen LogP contribution in [-0.4, -0.2) is 62.3 Å². The van der Waals surface area contributed by atoms with E-state index in [4.69, 9.17) is 0 Å². The highest BCUT2D eigenvalue weighted by atomic mass is 15.3. The Balaban J connectivity index is 0.877. The molecule has 8 rings (SSSR count). The monoisotopic (exact) mass is 470 g/mol. The summed E-state index contributed by atoms with van der Waals surface area (Å²) in [7, 11) is 10.4. The lowest BCUT2D eigenvalue weighted by Crippen LogP contribution is -2.62. The molecule has 0 N–H and O–H groups in total. The summed E-state index contributed by atoms with van der Waals surface area (Å²) in [5, 5.41) is 0. The molecule has 2 heteroatoms. The standard InChI is InChI=1S/C32H58N2/c1-33(2,31-27-15-23-13-24(17-27)18-28(31)16-23)11-9-7-5-6-8-10-12-34(3,4)32-29-19-25-14-26(21-29)22-30(32)20-25/h23-32H,5-22H2,1-4H3/q+2. The van der Waals surface area contributed by atoms with Gasteiger partial charge in [-0.15, -0.1) is 0 Å². The summed E-state index contributed by atoms with van der Waals surface area (Å²) in [5.41, 5.74) is 0. The minimum Gasteiger partial charge on any atom is -0.326 e. The third-order valence-corrected chi connectivity index (χ3v) is 12.7. The molecule has 34 heavy (non-hydrogen) atoms. The van der Waals surface area contributed by atoms with E-state index in [2.05, 4.69) is 28.2 Å². The Hall–Kier alpha value is -0.0800. The lowest BCUT2D eigenvalue weighted by atomic mass is 9.53. The first-order valence-corrected chi connectivity index (χ1v) is 15.9. The molecule has 0 aromatic rings. The third kappa shape index (κ3) is 4.66. The largest absolute Gasteiger partial charge is 0.326 e. The van der Waals surface area contributed by atoms with Gasteiger partial charge >= 0.3 is 0 Å². The molecule has 0 aromatic heterocycles. The maximum atomic E-state index is 2.59. The van der Waals surface area contributed by atoms with Gasteiger partial charge in [-0.1, -0.05) is 12.8 Å². The van der Waals surface area contributed by atoms with Crippen molar-refractivity contribution >= 4 is 0 Å². The first kappa shape index (κ1) is 24.3. The molecular weight excluding hydrogens is 412 g/mol. The zero-order chi connectivity index (χ0) is 23.5. The highest BCUT2D eigenvalue weighted by molar-refractivity contribution is 5.00. The van der Waals surface area contributed by atoms with Crippen LogP contribution in [0.2, 0.25) is 0 Å². The second-order valence-corrected chi connectivity index (χ2v) is 16.0. The Morgan fingerprint density at radius 1 is 0.382 bits per heavy atom. The van der Waals surface area contributed by atoms with Crippen LogP contribution in [0.3, 0.4) is 0 Å². The van der Waals surface area contributed by atoms with E-state index in [0.29, 0.717) is 0 Å². The molecule has 8 aliphatic rings. The van der Waals surface area contributed by atoms with Gasteiger partial charge in [0.25, 0.3) is 0 Å². The molecule has 0 saturated heterocycles. The first-order valence-electron chi connectivity index (χ1n) is 15.9. The lowest BCUT2D eigenvalue weighted by molar-refractivity contribution is -0.926. The molecule has 0 radical (unpaired) electrons. The normalized spacial score (nSPS) is 44.8. The minimum atomic E-state index is 0.998. The summed E-state index contributed by atoms with van der Waals surface area (Å²) in [5.74, 6) is 8.75. The van der Waals surface area contributed by atoms with E-state index < -0.39 is 0 Å². The van der Waals surface area contributed by atoms with Crippen molar-refractivity contribution in [2.24, 2.45) is 47.3 Å². The molecular formula is C32H58N2+2. The first-order chi connectivity index (χ1) is 16.3. The second-order valence-electron chi connectivity index (χ2n) is 16.0. The molecule has 0 aromatic carbocycles. The van der Waals surface area contributed by atoms with Gasteiger partial charge in [0, 0.05) is 23.7 Å². The van der Waals surface area contributed by atoms with E-state index in [1.165, 1.54) is 60.6 Å². The van der Waals surface area contributed by atoms with Crippen LogP contribution in [0.1, 0.15) is 103 Å². The Bertz CT molecular complexity index is 592. The quantitative estimate of drug-likeness (QED) is 0.222. The summed E-state index contributed by atoms with van der Waals surface area (Å²) in [6.45, 7) is 2.87. The second kappa shape index (κ2) is 9.34. The molecule has 8 bridgehead atoms. The number of quaternary nitrogens is 2. The van der Waals surface area contributed by atoms with Crippen molar-refractivity contribution in [3.05, 3.63) is 0 Å². The van der Waals surface area contributed by atoms with Crippen molar-refractivity contribution in [3.8, 4) is 0 Å². The smallest absolute Gasteiger partial charge is 0.0943 e. The average molecular weight is 471 g/mol. The van der Waals surface area contributed by atoms with Gasteiger partial charge in [0.2, 0.25) is 0 Å². The van der Waals surface area contributed by atoms with Gasteiger partial charge in [-0.3, -0.25) is 0 Å². The van der Waals surface area contributed by atoms with E-state index in [0.717, 1.165) is 59.4 Å². The number of hydrogen-bond donors (Lipinski definition) is 0. The molecule has 0 spiro atoms. The van der Waals surface area contributed by atoms with Crippen molar-refractivity contribution in [3.63, 3.8) is 0 Å². The highest BCUT2D eigenvalue weighted by Gasteiger charge is 2.55. The molecule has 8 saturated carbocycles. The van der Waals surface area contributed by atoms with Gasteiger partial charge in [-0.2, -0.15) is 0 Å². The number of nitrogens with zero attached hydrogens (tertiary/aromatic N) is 2. The number of hydrogen-bond acceptors (Lipinski definition) is 0. The predicted molar refractivity (Wildman–Crippen MR) is 143 cm³/mol. The Morgan fingerprint density at radius 3 is 0.941 bits per heavy atom. The fraction of sp³-hybridized carbons (Fsp3) is 1.00. The van der Waals surface area contributed by atoms with E-state index in [1.54, 1.807) is 64.2 Å². The van der Waals surface area contributed by atoms with Crippen molar-refractivity contribution in [1.29, 1.82) is 0 Å². The fourth-order valence-corrected chi connectivity index (χ4v) is 12.1. The lowest BCUT2D eigenvalue weighted by Gasteiger charge is -2.58. The molecule has 0 heterocycles. The van der Waals surface area contributed by atoms with Crippen LogP contribution in [0.4, 0.5) is 0 Å². The fourth-order valence-electron chi connectivity index (χ4n) is 12.1. The van der Waals surface area contributed by atoms with Crippen molar-refractivity contribution in [1.82, 2.24) is 0 Å². The summed E-state index contributed by atoms with van der Waals surface area (Å²) >= 11 is 0. The molecule has 8 aliphatic carbocycles. The van der Waals surface area contributed by atoms with Gasteiger partial charge in [-0.05, 0) is 114 Å². The van der Waals surface area contributed by atoms with Gasteiger partial charge < -0.3 is 8.97 Å². The van der Waals surface area contributed by atoms with Crippen LogP contribution in [0.5, 0.6) is 0 Å². The van der Waals surface area contributed by atoms with Gasteiger partial charge in [0.05, 0.1) is 53.4 Å². The zero-order valence-electron chi connectivity index (χ0n) is 23.4. The van der Waals surface area contributed by atoms with Crippen LogP contribution >= 0.6 is 0 Å². The topological polar surface area (TPSA) is 0 Å². The summed E-state index contributed by atoms with van der Waals surface area (Å²) in [6.07, 6.45) is 24.7. The third-order valence-electron chi connectivity index (χ3n) is 12.7. The van der Waals surface area contributed by atoms with Crippen molar-refractivity contribution < 1.29 is 8.97 Å². The van der Waals surface area contributed by atoms with Crippen LogP contribution < -0.4 is 0 Å². The Morgan fingerprint density at radius 2 is 0.647 bits per heavy atom. The molecule has 0 atom stereocenters. The minimum absolute atomic E-state index is 0.998. The van der Waals surface area contributed by atoms with E-state index in [1.807, 2.05) is 0 Å². The Kier molecular flexibility index (Phi) is 6.67.